The summed E-state index contributed by atoms with van der Waals surface area (Å²) in [5, 5.41) is 3.40. The van der Waals surface area contributed by atoms with Crippen molar-refractivity contribution in [3.63, 3.8) is 0 Å². The van der Waals surface area contributed by atoms with Gasteiger partial charge in [0.05, 0.1) is 23.6 Å². The number of piperazine rings is 1. The van der Waals surface area contributed by atoms with Crippen molar-refractivity contribution in [2.45, 2.75) is 6.04 Å². The fourth-order valence-electron chi connectivity index (χ4n) is 2.16. The molecule has 3 heterocycles. The van der Waals surface area contributed by atoms with Gasteiger partial charge < -0.3 is 10.3 Å². The molecule has 1 aliphatic rings. The molecular weight excluding hydrogens is 202 g/mol. The fourth-order valence-corrected chi connectivity index (χ4v) is 2.16. The molecule has 0 saturated carbocycles. The molecule has 0 spiro atoms. The normalized spacial score (nSPS) is 22.7. The number of hydrogen-bond donors (Lipinski definition) is 2. The van der Waals surface area contributed by atoms with Crippen molar-refractivity contribution in [1.82, 2.24) is 25.2 Å². The van der Waals surface area contributed by atoms with Gasteiger partial charge in [-0.25, -0.2) is 9.97 Å². The van der Waals surface area contributed by atoms with Crippen LogP contribution in [0.5, 0.6) is 0 Å². The average molecular weight is 217 g/mol. The van der Waals surface area contributed by atoms with E-state index in [1.165, 1.54) is 0 Å². The molecule has 3 rings (SSSR count). The van der Waals surface area contributed by atoms with E-state index < -0.39 is 0 Å². The third kappa shape index (κ3) is 1.58. The second kappa shape index (κ2) is 3.84. The zero-order chi connectivity index (χ0) is 11.0. The third-order valence-corrected chi connectivity index (χ3v) is 3.16. The van der Waals surface area contributed by atoms with E-state index in [0.717, 1.165) is 36.5 Å². The zero-order valence-electron chi connectivity index (χ0n) is 9.27. The van der Waals surface area contributed by atoms with E-state index in [1.807, 2.05) is 6.07 Å². The summed E-state index contributed by atoms with van der Waals surface area (Å²) in [5.41, 5.74) is 2.89. The van der Waals surface area contributed by atoms with E-state index in [-0.39, 0.29) is 0 Å². The minimum absolute atomic E-state index is 0.356. The summed E-state index contributed by atoms with van der Waals surface area (Å²) in [6.45, 7) is 3.07. The summed E-state index contributed by atoms with van der Waals surface area (Å²) in [6.07, 6.45) is 1.68. The summed E-state index contributed by atoms with van der Waals surface area (Å²) in [4.78, 5) is 14.2. The van der Waals surface area contributed by atoms with Gasteiger partial charge in [-0.15, -0.1) is 0 Å². The Morgan fingerprint density at radius 3 is 3.25 bits per heavy atom. The first-order valence-electron chi connectivity index (χ1n) is 5.55. The summed E-state index contributed by atoms with van der Waals surface area (Å²) < 4.78 is 0. The number of aromatic amines is 1. The van der Waals surface area contributed by atoms with E-state index in [4.69, 9.17) is 0 Å². The molecule has 0 radical (unpaired) electrons. The van der Waals surface area contributed by atoms with Gasteiger partial charge in [0.15, 0.2) is 5.65 Å². The van der Waals surface area contributed by atoms with Crippen molar-refractivity contribution in [2.75, 3.05) is 26.7 Å². The highest BCUT2D eigenvalue weighted by atomic mass is 15.2. The number of likely N-dealkylation sites (N-methyl/N-ethyl adjacent to an activating group) is 1. The van der Waals surface area contributed by atoms with Crippen LogP contribution in [0.3, 0.4) is 0 Å². The van der Waals surface area contributed by atoms with Gasteiger partial charge in [-0.1, -0.05) is 0 Å². The van der Waals surface area contributed by atoms with E-state index >= 15 is 0 Å². The smallest absolute Gasteiger partial charge is 0.177 e. The molecular formula is C11H15N5. The first-order valence-corrected chi connectivity index (χ1v) is 5.55. The Hall–Kier alpha value is -1.46. The Labute approximate surface area is 93.9 Å². The van der Waals surface area contributed by atoms with E-state index in [2.05, 4.69) is 38.3 Å². The molecule has 0 aliphatic carbocycles. The van der Waals surface area contributed by atoms with Crippen LogP contribution in [-0.2, 0) is 0 Å². The van der Waals surface area contributed by atoms with Gasteiger partial charge in [-0.05, 0) is 19.2 Å². The summed E-state index contributed by atoms with van der Waals surface area (Å²) in [5.74, 6) is 0. The minimum Gasteiger partial charge on any atom is -0.343 e. The molecule has 5 nitrogen and oxygen atoms in total. The van der Waals surface area contributed by atoms with Crippen LogP contribution >= 0.6 is 0 Å². The van der Waals surface area contributed by atoms with Crippen LogP contribution in [0.1, 0.15) is 11.7 Å². The highest BCUT2D eigenvalue weighted by Gasteiger charge is 2.21. The molecule has 0 aromatic carbocycles. The van der Waals surface area contributed by atoms with Crippen LogP contribution < -0.4 is 5.32 Å². The van der Waals surface area contributed by atoms with Crippen LogP contribution in [0.15, 0.2) is 18.5 Å². The van der Waals surface area contributed by atoms with E-state index in [0.29, 0.717) is 6.04 Å². The maximum Gasteiger partial charge on any atom is 0.177 e. The molecule has 2 N–H and O–H groups in total. The molecule has 1 unspecified atom stereocenters. The Kier molecular flexibility index (Phi) is 2.34. The number of hydrogen-bond acceptors (Lipinski definition) is 4. The number of fused-ring (bicyclic) bond motifs is 1. The third-order valence-electron chi connectivity index (χ3n) is 3.16. The van der Waals surface area contributed by atoms with Crippen molar-refractivity contribution in [2.24, 2.45) is 0 Å². The summed E-state index contributed by atoms with van der Waals surface area (Å²) in [7, 11) is 2.14. The van der Waals surface area contributed by atoms with Gasteiger partial charge in [0.2, 0.25) is 0 Å². The molecule has 0 amide bonds. The molecule has 16 heavy (non-hydrogen) atoms. The fraction of sp³-hybridized carbons (Fsp3) is 0.455. The number of nitrogens with one attached hydrogen (secondary N) is 2. The topological polar surface area (TPSA) is 56.8 Å². The zero-order valence-corrected chi connectivity index (χ0v) is 9.27. The van der Waals surface area contributed by atoms with Crippen LogP contribution in [0.25, 0.3) is 11.2 Å². The summed E-state index contributed by atoms with van der Waals surface area (Å²) >= 11 is 0. The molecule has 84 valence electrons. The maximum atomic E-state index is 4.59. The second-order valence-electron chi connectivity index (χ2n) is 4.21. The number of aromatic nitrogens is 3. The first-order chi connectivity index (χ1) is 7.84. The quantitative estimate of drug-likeness (QED) is 0.731. The highest BCUT2D eigenvalue weighted by molar-refractivity contribution is 5.69. The van der Waals surface area contributed by atoms with Gasteiger partial charge in [0, 0.05) is 19.6 Å². The highest BCUT2D eigenvalue weighted by Crippen LogP contribution is 2.20. The standard InChI is InChI=1S/C11H15N5/c1-16-5-4-12-6-10(16)8-2-3-9-11(15-8)14-7-13-9/h2-3,7,10,12H,4-6H2,1H3,(H,13,14,15). The first kappa shape index (κ1) is 9.74. The lowest BCUT2D eigenvalue weighted by Crippen LogP contribution is -2.44. The SMILES string of the molecule is CN1CCNCC1c1ccc2[nH]cnc2n1. The minimum atomic E-state index is 0.356. The number of pyridine rings is 1. The van der Waals surface area contributed by atoms with E-state index in [9.17, 15) is 0 Å². The number of H-pyrrole nitrogens is 1. The Morgan fingerprint density at radius 2 is 2.38 bits per heavy atom. The maximum absolute atomic E-state index is 4.59. The molecule has 5 heteroatoms. The van der Waals surface area contributed by atoms with Crippen LogP contribution in [0, 0.1) is 0 Å². The predicted molar refractivity (Wildman–Crippen MR) is 62.1 cm³/mol. The van der Waals surface area contributed by atoms with Gasteiger partial charge in [-0.2, -0.15) is 0 Å². The monoisotopic (exact) mass is 217 g/mol. The van der Waals surface area contributed by atoms with E-state index in [1.54, 1.807) is 6.33 Å². The molecule has 1 aliphatic heterocycles. The predicted octanol–water partition coefficient (Wildman–Crippen LogP) is 0.534. The van der Waals surface area contributed by atoms with Crippen molar-refractivity contribution in [1.29, 1.82) is 0 Å². The summed E-state index contributed by atoms with van der Waals surface area (Å²) in [6, 6.07) is 4.48. The van der Waals surface area contributed by atoms with Crippen molar-refractivity contribution in [3.05, 3.63) is 24.2 Å². The number of nitrogens with zero attached hydrogens (tertiary/aromatic N) is 3. The van der Waals surface area contributed by atoms with Gasteiger partial charge in [0.1, 0.15) is 0 Å². The molecule has 1 atom stereocenters. The molecule has 2 aromatic rings. The van der Waals surface area contributed by atoms with Crippen molar-refractivity contribution < 1.29 is 0 Å². The average Bonchev–Trinajstić information content (AvgIpc) is 2.76. The van der Waals surface area contributed by atoms with Crippen LogP contribution in [0.2, 0.25) is 0 Å². The molecule has 1 fully saturated rings. The van der Waals surface area contributed by atoms with Gasteiger partial charge in [-0.3, -0.25) is 4.90 Å². The van der Waals surface area contributed by atoms with Gasteiger partial charge >= 0.3 is 0 Å². The molecule has 2 aromatic heterocycles. The lowest BCUT2D eigenvalue weighted by atomic mass is 10.1. The Morgan fingerprint density at radius 1 is 1.44 bits per heavy atom. The van der Waals surface area contributed by atoms with Crippen LogP contribution in [-0.4, -0.2) is 46.5 Å². The number of rotatable bonds is 1. The Balaban J connectivity index is 1.97. The molecule has 1 saturated heterocycles. The molecule has 0 bridgehead atoms. The largest absolute Gasteiger partial charge is 0.343 e. The lowest BCUT2D eigenvalue weighted by Gasteiger charge is -2.32. The Bertz CT molecular complexity index is 492. The van der Waals surface area contributed by atoms with Crippen molar-refractivity contribution >= 4 is 11.2 Å². The number of imidazole rings is 1. The van der Waals surface area contributed by atoms with Crippen molar-refractivity contribution in [3.8, 4) is 0 Å². The second-order valence-corrected chi connectivity index (χ2v) is 4.21. The van der Waals surface area contributed by atoms with Crippen LogP contribution in [0.4, 0.5) is 0 Å². The van der Waals surface area contributed by atoms with Gasteiger partial charge in [0.25, 0.3) is 0 Å². The lowest BCUT2D eigenvalue weighted by molar-refractivity contribution is 0.199.